The number of aryl methyl sites for hydroxylation is 1. The van der Waals surface area contributed by atoms with E-state index in [0.29, 0.717) is 6.07 Å². The monoisotopic (exact) mass is 514 g/mol. The number of benzene rings is 2. The number of amides is 1. The number of rotatable bonds is 6. The topological polar surface area (TPSA) is 94.4 Å². The number of carbonyl (C=O) groups excluding carboxylic acids is 1. The van der Waals surface area contributed by atoms with Gasteiger partial charge in [0.15, 0.2) is 0 Å². The summed E-state index contributed by atoms with van der Waals surface area (Å²) < 4.78 is 66.8. The van der Waals surface area contributed by atoms with Crippen molar-refractivity contribution in [2.45, 2.75) is 20.1 Å². The maximum Gasteiger partial charge on any atom is 0.404 e. The molecule has 6 nitrogen and oxygen atoms in total. The number of ether oxygens (including phenoxy) is 2. The van der Waals surface area contributed by atoms with E-state index in [9.17, 15) is 27.2 Å². The van der Waals surface area contributed by atoms with Crippen molar-refractivity contribution in [3.63, 3.8) is 0 Å². The highest BCUT2D eigenvalue weighted by molar-refractivity contribution is 9.10. The third-order valence-corrected chi connectivity index (χ3v) is 5.14. The first kappa shape index (κ1) is 23.3. The van der Waals surface area contributed by atoms with Crippen LogP contribution >= 0.6 is 15.9 Å². The summed E-state index contributed by atoms with van der Waals surface area (Å²) in [7, 11) is 0. The summed E-state index contributed by atoms with van der Waals surface area (Å²) in [4.78, 5) is 25.4. The molecule has 0 spiro atoms. The molecule has 0 aliphatic heterocycles. The number of halogens is 5. The molecule has 3 rings (SSSR count). The van der Waals surface area contributed by atoms with Gasteiger partial charge >= 0.3 is 6.09 Å². The van der Waals surface area contributed by atoms with Crippen molar-refractivity contribution in [3.8, 4) is 16.9 Å². The predicted molar refractivity (Wildman–Crippen MR) is 110 cm³/mol. The molecule has 3 aromatic rings. The van der Waals surface area contributed by atoms with Crippen molar-refractivity contribution < 1.29 is 31.8 Å². The molecule has 168 valence electrons. The maximum absolute atomic E-state index is 14.9. The molecule has 0 unspecified atom stereocenters. The van der Waals surface area contributed by atoms with Crippen molar-refractivity contribution in [2.24, 2.45) is 5.73 Å². The maximum atomic E-state index is 14.9. The van der Waals surface area contributed by atoms with Gasteiger partial charge in [-0.3, -0.25) is 4.79 Å². The SMILES string of the molecule is Cc1[nH]c(=O)c(Br)c(OCc2ccc(F)cc2F)c1-c1c(F)cc(COC(N)=O)cc1F. The minimum Gasteiger partial charge on any atom is -0.487 e. The minimum atomic E-state index is -1.11. The fourth-order valence-corrected chi connectivity index (χ4v) is 3.41. The first-order valence-corrected chi connectivity index (χ1v) is 9.77. The summed E-state index contributed by atoms with van der Waals surface area (Å²) in [5.41, 5.74) is 3.59. The van der Waals surface area contributed by atoms with Crippen LogP contribution in [0.5, 0.6) is 5.75 Å². The van der Waals surface area contributed by atoms with Gasteiger partial charge < -0.3 is 20.2 Å². The molecule has 0 aliphatic rings. The van der Waals surface area contributed by atoms with Crippen LogP contribution in [-0.2, 0) is 18.0 Å². The second kappa shape index (κ2) is 9.43. The lowest BCUT2D eigenvalue weighted by Gasteiger charge is -2.17. The summed E-state index contributed by atoms with van der Waals surface area (Å²) in [6.45, 7) is 0.497. The number of pyridine rings is 1. The van der Waals surface area contributed by atoms with E-state index in [-0.39, 0.29) is 32.6 Å². The Morgan fingerprint density at radius 2 is 1.69 bits per heavy atom. The molecule has 0 atom stereocenters. The third kappa shape index (κ3) is 4.93. The zero-order valence-corrected chi connectivity index (χ0v) is 18.0. The summed E-state index contributed by atoms with van der Waals surface area (Å²) in [5.74, 6) is -3.99. The number of primary amides is 1. The summed E-state index contributed by atoms with van der Waals surface area (Å²) in [6.07, 6.45) is -1.11. The van der Waals surface area contributed by atoms with Crippen LogP contribution in [0.25, 0.3) is 11.1 Å². The lowest BCUT2D eigenvalue weighted by molar-refractivity contribution is 0.150. The Morgan fingerprint density at radius 3 is 2.28 bits per heavy atom. The van der Waals surface area contributed by atoms with Gasteiger partial charge in [0.2, 0.25) is 0 Å². The molecule has 0 aliphatic carbocycles. The molecule has 0 bridgehead atoms. The van der Waals surface area contributed by atoms with E-state index >= 15 is 0 Å². The molecule has 3 N–H and O–H groups in total. The van der Waals surface area contributed by atoms with Crippen molar-refractivity contribution in [1.29, 1.82) is 0 Å². The van der Waals surface area contributed by atoms with Gasteiger partial charge in [-0.25, -0.2) is 22.4 Å². The van der Waals surface area contributed by atoms with Gasteiger partial charge in [0.05, 0.1) is 11.1 Å². The molecule has 0 radical (unpaired) electrons. The van der Waals surface area contributed by atoms with Gasteiger partial charge in [-0.05, 0) is 52.7 Å². The van der Waals surface area contributed by atoms with E-state index in [4.69, 9.17) is 10.5 Å². The molecule has 32 heavy (non-hydrogen) atoms. The highest BCUT2D eigenvalue weighted by atomic mass is 79.9. The third-order valence-electron chi connectivity index (χ3n) is 4.42. The molecule has 1 heterocycles. The standard InChI is InChI=1S/C21H15BrF4N2O4/c1-9-16(17-14(25)4-10(5-15(17)26)7-32-21(27)30)19(18(22)20(29)28-9)31-8-11-2-3-12(23)6-13(11)24/h2-6H,7-8H2,1H3,(H2,27,30)(H,28,29). The summed E-state index contributed by atoms with van der Waals surface area (Å²) in [5, 5.41) is 0. The first-order valence-electron chi connectivity index (χ1n) is 8.98. The largest absolute Gasteiger partial charge is 0.487 e. The Labute approximate surface area is 187 Å². The molecular weight excluding hydrogens is 500 g/mol. The van der Waals surface area contributed by atoms with Gasteiger partial charge in [0.25, 0.3) is 5.56 Å². The number of carbonyl (C=O) groups is 1. The van der Waals surface area contributed by atoms with E-state index in [0.717, 1.165) is 24.3 Å². The van der Waals surface area contributed by atoms with Gasteiger partial charge in [-0.2, -0.15) is 0 Å². The highest BCUT2D eigenvalue weighted by Gasteiger charge is 2.24. The molecule has 0 fully saturated rings. The average molecular weight is 515 g/mol. The van der Waals surface area contributed by atoms with E-state index in [2.05, 4.69) is 25.7 Å². The van der Waals surface area contributed by atoms with Crippen molar-refractivity contribution in [1.82, 2.24) is 4.98 Å². The second-order valence-electron chi connectivity index (χ2n) is 6.66. The van der Waals surface area contributed by atoms with Crippen molar-refractivity contribution in [3.05, 3.63) is 85.2 Å². The molecular formula is C21H15BrF4N2O4. The molecule has 1 aromatic heterocycles. The Bertz CT molecular complexity index is 1240. The smallest absolute Gasteiger partial charge is 0.404 e. The number of aromatic amines is 1. The van der Waals surface area contributed by atoms with Gasteiger partial charge in [0.1, 0.15) is 46.7 Å². The van der Waals surface area contributed by atoms with Crippen LogP contribution in [-0.4, -0.2) is 11.1 Å². The number of nitrogens with two attached hydrogens (primary N) is 1. The summed E-state index contributed by atoms with van der Waals surface area (Å²) in [6, 6.07) is 4.69. The van der Waals surface area contributed by atoms with Gasteiger partial charge in [-0.15, -0.1) is 0 Å². The van der Waals surface area contributed by atoms with Crippen LogP contribution in [0, 0.1) is 30.2 Å². The number of H-pyrrole nitrogens is 1. The molecule has 1 amide bonds. The Morgan fingerprint density at radius 1 is 1.03 bits per heavy atom. The van der Waals surface area contributed by atoms with Crippen LogP contribution in [0.1, 0.15) is 16.8 Å². The van der Waals surface area contributed by atoms with Crippen LogP contribution in [0.15, 0.2) is 39.6 Å². The fourth-order valence-electron chi connectivity index (χ4n) is 3.00. The Kier molecular flexibility index (Phi) is 6.87. The minimum absolute atomic E-state index is 0.000421. The van der Waals surface area contributed by atoms with Crippen LogP contribution in [0.4, 0.5) is 22.4 Å². The lowest BCUT2D eigenvalue weighted by Crippen LogP contribution is -2.14. The van der Waals surface area contributed by atoms with Gasteiger partial charge in [-0.1, -0.05) is 0 Å². The number of hydrogen-bond donors (Lipinski definition) is 2. The normalized spacial score (nSPS) is 10.8. The molecule has 11 heteroatoms. The fraction of sp³-hybridized carbons (Fsp3) is 0.143. The predicted octanol–water partition coefficient (Wildman–Crippen LogP) is 4.84. The average Bonchev–Trinajstić information content (AvgIpc) is 2.70. The molecule has 0 saturated carbocycles. The summed E-state index contributed by atoms with van der Waals surface area (Å²) >= 11 is 3.03. The lowest BCUT2D eigenvalue weighted by atomic mass is 10.00. The van der Waals surface area contributed by atoms with Crippen molar-refractivity contribution >= 4 is 22.0 Å². The Balaban J connectivity index is 2.08. The molecule has 2 aromatic carbocycles. The van der Waals surface area contributed by atoms with E-state index in [1.165, 1.54) is 6.92 Å². The second-order valence-corrected chi connectivity index (χ2v) is 7.46. The van der Waals surface area contributed by atoms with Crippen LogP contribution in [0.3, 0.4) is 0 Å². The number of aromatic nitrogens is 1. The van der Waals surface area contributed by atoms with E-state index < -0.39 is 53.7 Å². The quantitative estimate of drug-likeness (QED) is 0.460. The first-order chi connectivity index (χ1) is 15.1. The molecule has 0 saturated heterocycles. The van der Waals surface area contributed by atoms with Crippen LogP contribution < -0.4 is 16.0 Å². The zero-order valence-electron chi connectivity index (χ0n) is 16.4. The van der Waals surface area contributed by atoms with Crippen LogP contribution in [0.2, 0.25) is 0 Å². The number of nitrogens with one attached hydrogen (secondary N) is 1. The van der Waals surface area contributed by atoms with E-state index in [1.54, 1.807) is 0 Å². The number of hydrogen-bond acceptors (Lipinski definition) is 4. The zero-order chi connectivity index (χ0) is 23.6. The van der Waals surface area contributed by atoms with Crippen molar-refractivity contribution in [2.75, 3.05) is 0 Å². The highest BCUT2D eigenvalue weighted by Crippen LogP contribution is 2.39. The van der Waals surface area contributed by atoms with E-state index in [1.807, 2.05) is 0 Å². The Hall–Kier alpha value is -3.34. The van der Waals surface area contributed by atoms with Gasteiger partial charge in [0, 0.05) is 17.3 Å².